The highest BCUT2D eigenvalue weighted by molar-refractivity contribution is 7.99. The minimum absolute atomic E-state index is 0.570. The standard InChI is InChI=1S/C11H16Cl2N2S/c1-4-14-10-8(12)5-9(13)11(15-10)16-6-7(2)3/h5,7H,4,6H2,1-3H3,(H,14,15). The van der Waals surface area contributed by atoms with E-state index in [0.29, 0.717) is 21.8 Å². The molecule has 0 aromatic carbocycles. The van der Waals surface area contributed by atoms with Crippen molar-refractivity contribution >= 4 is 40.8 Å². The zero-order valence-corrected chi connectivity index (χ0v) is 12.0. The van der Waals surface area contributed by atoms with Gasteiger partial charge in [-0.05, 0) is 18.9 Å². The molecule has 90 valence electrons. The van der Waals surface area contributed by atoms with Gasteiger partial charge in [0, 0.05) is 12.3 Å². The van der Waals surface area contributed by atoms with Gasteiger partial charge in [0.2, 0.25) is 0 Å². The molecule has 0 aliphatic rings. The van der Waals surface area contributed by atoms with Crippen molar-refractivity contribution in [2.75, 3.05) is 17.6 Å². The van der Waals surface area contributed by atoms with Crippen LogP contribution in [-0.4, -0.2) is 17.3 Å². The number of nitrogens with zero attached hydrogens (tertiary/aromatic N) is 1. The molecule has 0 aliphatic heterocycles. The van der Waals surface area contributed by atoms with E-state index in [-0.39, 0.29) is 0 Å². The third-order valence-electron chi connectivity index (χ3n) is 1.79. The molecule has 0 radical (unpaired) electrons. The molecule has 0 saturated carbocycles. The van der Waals surface area contributed by atoms with Crippen LogP contribution in [-0.2, 0) is 0 Å². The molecule has 0 spiro atoms. The van der Waals surface area contributed by atoms with Gasteiger partial charge < -0.3 is 5.32 Å². The van der Waals surface area contributed by atoms with Crippen LogP contribution in [0.2, 0.25) is 10.0 Å². The van der Waals surface area contributed by atoms with Crippen LogP contribution in [0.3, 0.4) is 0 Å². The van der Waals surface area contributed by atoms with Crippen molar-refractivity contribution in [3.63, 3.8) is 0 Å². The minimum atomic E-state index is 0.570. The molecule has 2 nitrogen and oxygen atoms in total. The smallest absolute Gasteiger partial charge is 0.146 e. The van der Waals surface area contributed by atoms with Crippen molar-refractivity contribution in [1.29, 1.82) is 0 Å². The molecule has 1 rings (SSSR count). The predicted molar refractivity (Wildman–Crippen MR) is 74.0 cm³/mol. The summed E-state index contributed by atoms with van der Waals surface area (Å²) in [6.45, 7) is 7.14. The molecule has 5 heteroatoms. The second kappa shape index (κ2) is 6.58. The Hall–Kier alpha value is -0.120. The molecule has 0 atom stereocenters. The van der Waals surface area contributed by atoms with E-state index in [2.05, 4.69) is 24.1 Å². The number of hydrogen-bond acceptors (Lipinski definition) is 3. The summed E-state index contributed by atoms with van der Waals surface area (Å²) in [5.41, 5.74) is 0. The van der Waals surface area contributed by atoms with Crippen molar-refractivity contribution in [2.45, 2.75) is 25.8 Å². The van der Waals surface area contributed by atoms with Gasteiger partial charge in [-0.25, -0.2) is 4.98 Å². The SMILES string of the molecule is CCNc1nc(SCC(C)C)c(Cl)cc1Cl. The van der Waals surface area contributed by atoms with Crippen LogP contribution in [0.5, 0.6) is 0 Å². The van der Waals surface area contributed by atoms with E-state index in [0.717, 1.165) is 17.3 Å². The van der Waals surface area contributed by atoms with Gasteiger partial charge in [-0.3, -0.25) is 0 Å². The van der Waals surface area contributed by atoms with E-state index < -0.39 is 0 Å². The van der Waals surface area contributed by atoms with Gasteiger partial charge >= 0.3 is 0 Å². The fraction of sp³-hybridized carbons (Fsp3) is 0.545. The Bertz CT molecular complexity index is 356. The number of pyridine rings is 1. The fourth-order valence-corrected chi connectivity index (χ4v) is 2.52. The van der Waals surface area contributed by atoms with Crippen LogP contribution in [0.4, 0.5) is 5.82 Å². The van der Waals surface area contributed by atoms with Crippen molar-refractivity contribution in [1.82, 2.24) is 4.98 Å². The first-order valence-electron chi connectivity index (χ1n) is 5.27. The molecule has 1 aromatic rings. The van der Waals surface area contributed by atoms with E-state index in [1.165, 1.54) is 0 Å². The molecule has 1 N–H and O–H groups in total. The predicted octanol–water partition coefficient (Wildman–Crippen LogP) is 4.57. The molecule has 0 saturated heterocycles. The summed E-state index contributed by atoms with van der Waals surface area (Å²) in [7, 11) is 0. The Morgan fingerprint density at radius 2 is 2.06 bits per heavy atom. The molecule has 0 aliphatic carbocycles. The second-order valence-electron chi connectivity index (χ2n) is 3.84. The summed E-state index contributed by atoms with van der Waals surface area (Å²) in [5, 5.41) is 5.15. The number of halogens is 2. The van der Waals surface area contributed by atoms with Gasteiger partial charge in [0.15, 0.2) is 0 Å². The Balaban J connectivity index is 2.86. The van der Waals surface area contributed by atoms with Crippen molar-refractivity contribution < 1.29 is 0 Å². The highest BCUT2D eigenvalue weighted by atomic mass is 35.5. The average Bonchev–Trinajstić information content (AvgIpc) is 2.20. The van der Waals surface area contributed by atoms with E-state index >= 15 is 0 Å². The minimum Gasteiger partial charge on any atom is -0.369 e. The Morgan fingerprint density at radius 1 is 1.38 bits per heavy atom. The third kappa shape index (κ3) is 4.04. The van der Waals surface area contributed by atoms with Crippen LogP contribution in [0, 0.1) is 5.92 Å². The number of aromatic nitrogens is 1. The maximum Gasteiger partial charge on any atom is 0.146 e. The van der Waals surface area contributed by atoms with Gasteiger partial charge in [-0.2, -0.15) is 0 Å². The average molecular weight is 279 g/mol. The van der Waals surface area contributed by atoms with Crippen LogP contribution >= 0.6 is 35.0 Å². The number of hydrogen-bond donors (Lipinski definition) is 1. The Morgan fingerprint density at radius 3 is 2.62 bits per heavy atom. The number of nitrogens with one attached hydrogen (secondary N) is 1. The topological polar surface area (TPSA) is 24.9 Å². The highest BCUT2D eigenvalue weighted by Crippen LogP contribution is 2.32. The molecule has 0 unspecified atom stereocenters. The zero-order chi connectivity index (χ0) is 12.1. The van der Waals surface area contributed by atoms with E-state index in [1.54, 1.807) is 17.8 Å². The quantitative estimate of drug-likeness (QED) is 0.799. The monoisotopic (exact) mass is 278 g/mol. The summed E-state index contributed by atoms with van der Waals surface area (Å²) < 4.78 is 0. The van der Waals surface area contributed by atoms with Crippen molar-refractivity contribution in [3.8, 4) is 0 Å². The molecule has 0 bridgehead atoms. The molecular formula is C11H16Cl2N2S. The molecule has 1 heterocycles. The Labute approximate surface area is 111 Å². The second-order valence-corrected chi connectivity index (χ2v) is 5.66. The number of rotatable bonds is 5. The molecule has 16 heavy (non-hydrogen) atoms. The summed E-state index contributed by atoms with van der Waals surface area (Å²) >= 11 is 13.8. The normalized spacial score (nSPS) is 10.9. The first kappa shape index (κ1) is 13.9. The lowest BCUT2D eigenvalue weighted by molar-refractivity contribution is 0.749. The van der Waals surface area contributed by atoms with Gasteiger partial charge in [0.25, 0.3) is 0 Å². The molecule has 1 aromatic heterocycles. The third-order valence-corrected chi connectivity index (χ3v) is 3.90. The fourth-order valence-electron chi connectivity index (χ4n) is 1.09. The van der Waals surface area contributed by atoms with Crippen LogP contribution in [0.25, 0.3) is 0 Å². The van der Waals surface area contributed by atoms with Crippen LogP contribution in [0.15, 0.2) is 11.1 Å². The highest BCUT2D eigenvalue weighted by Gasteiger charge is 2.09. The van der Waals surface area contributed by atoms with Crippen molar-refractivity contribution in [2.24, 2.45) is 5.92 Å². The summed E-state index contributed by atoms with van der Waals surface area (Å²) in [6.07, 6.45) is 0. The lowest BCUT2D eigenvalue weighted by Crippen LogP contribution is -2.01. The van der Waals surface area contributed by atoms with E-state index in [1.807, 2.05) is 6.92 Å². The number of thioether (sulfide) groups is 1. The largest absolute Gasteiger partial charge is 0.369 e. The van der Waals surface area contributed by atoms with Gasteiger partial charge in [0.1, 0.15) is 10.8 Å². The van der Waals surface area contributed by atoms with Gasteiger partial charge in [-0.1, -0.05) is 37.0 Å². The molecule has 0 amide bonds. The maximum atomic E-state index is 6.09. The van der Waals surface area contributed by atoms with Crippen LogP contribution in [0.1, 0.15) is 20.8 Å². The van der Waals surface area contributed by atoms with E-state index in [4.69, 9.17) is 23.2 Å². The Kier molecular flexibility index (Phi) is 5.73. The van der Waals surface area contributed by atoms with Gasteiger partial charge in [0.05, 0.1) is 10.0 Å². The van der Waals surface area contributed by atoms with Gasteiger partial charge in [-0.15, -0.1) is 11.8 Å². The van der Waals surface area contributed by atoms with E-state index in [9.17, 15) is 0 Å². The van der Waals surface area contributed by atoms with Crippen LogP contribution < -0.4 is 5.32 Å². The zero-order valence-electron chi connectivity index (χ0n) is 9.68. The molecular weight excluding hydrogens is 263 g/mol. The first-order valence-corrected chi connectivity index (χ1v) is 7.01. The summed E-state index contributed by atoms with van der Waals surface area (Å²) in [5.74, 6) is 2.32. The maximum absolute atomic E-state index is 6.09. The van der Waals surface area contributed by atoms with Crippen molar-refractivity contribution in [3.05, 3.63) is 16.1 Å². The summed E-state index contributed by atoms with van der Waals surface area (Å²) in [6, 6.07) is 1.75. The number of anilines is 1. The summed E-state index contributed by atoms with van der Waals surface area (Å²) in [4.78, 5) is 4.42. The lowest BCUT2D eigenvalue weighted by Gasteiger charge is -2.10. The first-order chi connectivity index (χ1) is 7.54. The molecule has 0 fully saturated rings. The lowest BCUT2D eigenvalue weighted by atomic mass is 10.3.